The van der Waals surface area contributed by atoms with Gasteiger partial charge >= 0.3 is 23.1 Å². The maximum Gasteiger partial charge on any atom is 2.00 e. The molecule has 0 unspecified atom stereocenters. The summed E-state index contributed by atoms with van der Waals surface area (Å²) < 4.78 is 29.5. The fourth-order valence-corrected chi connectivity index (χ4v) is 2.87. The van der Waals surface area contributed by atoms with Crippen molar-refractivity contribution in [1.29, 1.82) is 0 Å². The Morgan fingerprint density at radius 3 is 1.30 bits per heavy atom. The molecule has 0 spiro atoms. The molecule has 0 radical (unpaired) electrons. The quantitative estimate of drug-likeness (QED) is 0.284. The minimum Gasteiger partial charge on any atom is -1.00 e. The molecular weight excluding hydrogens is 285 g/mol. The molecule has 5 heteroatoms. The van der Waals surface area contributed by atoms with Crippen molar-refractivity contribution >= 4 is 33.2 Å². The van der Waals surface area contributed by atoms with Crippen LogP contribution in [0.1, 0.15) is 93.2 Å². The molecule has 20 heavy (non-hydrogen) atoms. The topological polar surface area (TPSA) is 54.4 Å². The van der Waals surface area contributed by atoms with Crippen molar-refractivity contribution in [3.05, 3.63) is 0 Å². The molecule has 0 saturated carbocycles. The van der Waals surface area contributed by atoms with E-state index < -0.39 is 10.1 Å². The first-order chi connectivity index (χ1) is 9.06. The van der Waals surface area contributed by atoms with Gasteiger partial charge in [-0.3, -0.25) is 4.55 Å². The zero-order valence-electron chi connectivity index (χ0n) is 15.3. The summed E-state index contributed by atoms with van der Waals surface area (Å²) in [6.45, 7) is 2.25. The van der Waals surface area contributed by atoms with E-state index in [1.165, 1.54) is 64.2 Å². The molecule has 0 aliphatic heterocycles. The summed E-state index contributed by atoms with van der Waals surface area (Å²) in [5.74, 6) is -0.0786. The van der Waals surface area contributed by atoms with Crippen LogP contribution in [-0.2, 0) is 10.1 Å². The average Bonchev–Trinajstić information content (AvgIpc) is 2.34. The standard InChI is InChI=1S/C15H32O3S.Mg.2H/c1-2-3-4-5-6-7-8-9-10-11-12-13-14-15-19(16,17)18;;;/h2-15H2,1H3,(H,16,17,18);;;/q;+2;2*-1. The van der Waals surface area contributed by atoms with Gasteiger partial charge in [-0.25, -0.2) is 0 Å². The Balaban J connectivity index is -0.000000540. The Bertz CT molecular complexity index is 289. The Morgan fingerprint density at radius 2 is 1.00 bits per heavy atom. The van der Waals surface area contributed by atoms with Crippen LogP contribution in [0.3, 0.4) is 0 Å². The molecule has 0 fully saturated rings. The Hall–Kier alpha value is 0.676. The van der Waals surface area contributed by atoms with Crippen LogP contribution in [-0.4, -0.2) is 41.8 Å². The Kier molecular flexibility index (Phi) is 18.4. The molecule has 0 aromatic carbocycles. The second-order valence-electron chi connectivity index (χ2n) is 5.53. The second kappa shape index (κ2) is 16.1. The van der Waals surface area contributed by atoms with Crippen molar-refractivity contribution in [3.8, 4) is 0 Å². The van der Waals surface area contributed by atoms with E-state index in [0.717, 1.165) is 12.8 Å². The fourth-order valence-electron chi connectivity index (χ4n) is 2.30. The third-order valence-electron chi connectivity index (χ3n) is 3.51. The minimum absolute atomic E-state index is 0. The van der Waals surface area contributed by atoms with Gasteiger partial charge in [-0.2, -0.15) is 8.42 Å². The van der Waals surface area contributed by atoms with Gasteiger partial charge in [0, 0.05) is 0 Å². The number of rotatable bonds is 14. The first-order valence-corrected chi connectivity index (χ1v) is 9.62. The molecule has 1 N–H and O–H groups in total. The largest absolute Gasteiger partial charge is 2.00 e. The van der Waals surface area contributed by atoms with Crippen LogP contribution in [0.4, 0.5) is 0 Å². The van der Waals surface area contributed by atoms with Crippen LogP contribution in [0.2, 0.25) is 0 Å². The van der Waals surface area contributed by atoms with Crippen LogP contribution in [0.25, 0.3) is 0 Å². The summed E-state index contributed by atoms with van der Waals surface area (Å²) in [4.78, 5) is 0. The molecule has 0 aromatic rings. The van der Waals surface area contributed by atoms with Gasteiger partial charge in [0.2, 0.25) is 0 Å². The predicted molar refractivity (Wildman–Crippen MR) is 90.1 cm³/mol. The SMILES string of the molecule is CCCCCCCCCCCCCCCS(=O)(=O)O.[H-].[H-].[Mg+2]. The molecule has 0 atom stereocenters. The van der Waals surface area contributed by atoms with Crippen LogP contribution in [0.5, 0.6) is 0 Å². The van der Waals surface area contributed by atoms with Crippen LogP contribution in [0, 0.1) is 0 Å². The van der Waals surface area contributed by atoms with Crippen molar-refractivity contribution in [2.24, 2.45) is 0 Å². The van der Waals surface area contributed by atoms with Crippen LogP contribution in [0.15, 0.2) is 0 Å². The summed E-state index contributed by atoms with van der Waals surface area (Å²) in [7, 11) is -3.74. The van der Waals surface area contributed by atoms with Gasteiger partial charge in [0.15, 0.2) is 0 Å². The van der Waals surface area contributed by atoms with Crippen molar-refractivity contribution in [1.82, 2.24) is 0 Å². The van der Waals surface area contributed by atoms with Crippen LogP contribution >= 0.6 is 0 Å². The number of unbranched alkanes of at least 4 members (excludes halogenated alkanes) is 12. The molecule has 0 rings (SSSR count). The Morgan fingerprint density at radius 1 is 0.700 bits per heavy atom. The fraction of sp³-hybridized carbons (Fsp3) is 1.00. The molecule has 0 bridgehead atoms. The van der Waals surface area contributed by atoms with Gasteiger partial charge in [-0.05, 0) is 6.42 Å². The van der Waals surface area contributed by atoms with E-state index in [4.69, 9.17) is 4.55 Å². The van der Waals surface area contributed by atoms with Gasteiger partial charge < -0.3 is 2.85 Å². The number of hydrogen-bond donors (Lipinski definition) is 1. The molecule has 0 aliphatic rings. The monoisotopic (exact) mass is 318 g/mol. The molecule has 0 heterocycles. The molecule has 3 nitrogen and oxygen atoms in total. The zero-order chi connectivity index (χ0) is 14.4. The smallest absolute Gasteiger partial charge is 1.00 e. The van der Waals surface area contributed by atoms with E-state index in [-0.39, 0.29) is 31.7 Å². The number of hydrogen-bond acceptors (Lipinski definition) is 2. The van der Waals surface area contributed by atoms with Gasteiger partial charge in [0.1, 0.15) is 0 Å². The van der Waals surface area contributed by atoms with Crippen molar-refractivity contribution in [2.45, 2.75) is 90.4 Å². The average molecular weight is 319 g/mol. The summed E-state index contributed by atoms with van der Waals surface area (Å²) in [5, 5.41) is 0. The van der Waals surface area contributed by atoms with Gasteiger partial charge in [0.25, 0.3) is 10.1 Å². The molecule has 0 saturated heterocycles. The Labute approximate surface area is 145 Å². The molecule has 0 aliphatic carbocycles. The minimum atomic E-state index is -3.74. The summed E-state index contributed by atoms with van der Waals surface area (Å²) in [6.07, 6.45) is 15.9. The van der Waals surface area contributed by atoms with E-state index in [1.54, 1.807) is 0 Å². The summed E-state index contributed by atoms with van der Waals surface area (Å²) >= 11 is 0. The summed E-state index contributed by atoms with van der Waals surface area (Å²) in [5.41, 5.74) is 0. The van der Waals surface area contributed by atoms with E-state index in [1.807, 2.05) is 0 Å². The van der Waals surface area contributed by atoms with Crippen molar-refractivity contribution in [2.75, 3.05) is 5.75 Å². The van der Waals surface area contributed by atoms with E-state index in [9.17, 15) is 8.42 Å². The molecule has 0 aromatic heterocycles. The maximum atomic E-state index is 10.5. The van der Waals surface area contributed by atoms with E-state index >= 15 is 0 Å². The van der Waals surface area contributed by atoms with Crippen molar-refractivity contribution < 1.29 is 15.8 Å². The molecular formula is C15H34MgO3S. The third kappa shape index (κ3) is 21.0. The normalized spacial score (nSPS) is 11.3. The second-order valence-corrected chi connectivity index (χ2v) is 7.10. The van der Waals surface area contributed by atoms with E-state index in [2.05, 4.69) is 6.92 Å². The van der Waals surface area contributed by atoms with E-state index in [0.29, 0.717) is 6.42 Å². The first-order valence-electron chi connectivity index (χ1n) is 8.01. The molecule has 120 valence electrons. The van der Waals surface area contributed by atoms with Gasteiger partial charge in [0.05, 0.1) is 5.75 Å². The predicted octanol–water partition coefficient (Wildman–Crippen LogP) is 4.81. The van der Waals surface area contributed by atoms with Gasteiger partial charge in [-0.15, -0.1) is 0 Å². The first kappa shape index (κ1) is 22.9. The zero-order valence-corrected chi connectivity index (χ0v) is 15.5. The van der Waals surface area contributed by atoms with Gasteiger partial charge in [-0.1, -0.05) is 84.0 Å². The third-order valence-corrected chi connectivity index (χ3v) is 4.31. The maximum absolute atomic E-state index is 10.5. The van der Waals surface area contributed by atoms with Crippen molar-refractivity contribution in [3.63, 3.8) is 0 Å². The molecule has 0 amide bonds. The summed E-state index contributed by atoms with van der Waals surface area (Å²) in [6, 6.07) is 0. The van der Waals surface area contributed by atoms with Crippen LogP contribution < -0.4 is 0 Å².